The molecule has 0 saturated heterocycles. The molecule has 1 atom stereocenters. The lowest BCUT2D eigenvalue weighted by atomic mass is 10.1. The van der Waals surface area contributed by atoms with Gasteiger partial charge in [-0.05, 0) is 31.9 Å². The number of ether oxygens (including phenoxy) is 2. The summed E-state index contributed by atoms with van der Waals surface area (Å²) in [7, 11) is 1.64. The fourth-order valence-corrected chi connectivity index (χ4v) is 1.82. The summed E-state index contributed by atoms with van der Waals surface area (Å²) in [4.78, 5) is 11.7. The van der Waals surface area contributed by atoms with Crippen LogP contribution in [-0.2, 0) is 16.1 Å². The molecule has 0 saturated carbocycles. The largest absolute Gasteiger partial charge is 0.491 e. The highest BCUT2D eigenvalue weighted by Crippen LogP contribution is 2.20. The molecule has 3 N–H and O–H groups in total. The number of rotatable bonds is 9. The summed E-state index contributed by atoms with van der Waals surface area (Å²) >= 11 is 0. The predicted molar refractivity (Wildman–Crippen MR) is 90.5 cm³/mol. The van der Waals surface area contributed by atoms with Gasteiger partial charge in [0.25, 0.3) is 0 Å². The number of nitrogens with two attached hydrogens (primary N) is 1. The Morgan fingerprint density at radius 1 is 1.36 bits per heavy atom. The van der Waals surface area contributed by atoms with Crippen molar-refractivity contribution in [3.8, 4) is 5.75 Å². The minimum absolute atomic E-state index is 0. The van der Waals surface area contributed by atoms with E-state index in [1.165, 1.54) is 0 Å². The molecular weight excluding hydrogens is 304 g/mol. The topological polar surface area (TPSA) is 73.6 Å². The first-order valence-corrected chi connectivity index (χ1v) is 7.26. The van der Waals surface area contributed by atoms with Crippen molar-refractivity contribution in [2.75, 3.05) is 20.3 Å². The lowest BCUT2D eigenvalue weighted by Gasteiger charge is -2.13. The van der Waals surface area contributed by atoms with Crippen LogP contribution in [0.5, 0.6) is 5.75 Å². The van der Waals surface area contributed by atoms with E-state index in [4.69, 9.17) is 15.2 Å². The third-order valence-corrected chi connectivity index (χ3v) is 3.07. The molecule has 5 nitrogen and oxygen atoms in total. The Labute approximate surface area is 139 Å². The van der Waals surface area contributed by atoms with Crippen LogP contribution in [0.25, 0.3) is 0 Å². The summed E-state index contributed by atoms with van der Waals surface area (Å²) in [5.41, 5.74) is 7.73. The van der Waals surface area contributed by atoms with E-state index in [1.807, 2.05) is 32.0 Å². The van der Waals surface area contributed by atoms with Crippen LogP contribution in [0.4, 0.5) is 0 Å². The van der Waals surface area contributed by atoms with E-state index in [0.29, 0.717) is 32.6 Å². The highest BCUT2D eigenvalue weighted by atomic mass is 35.5. The maximum Gasteiger partial charge on any atom is 0.220 e. The SMILES string of the molecule is COCCOc1cc(C)ccc1CNC(=O)CCC(C)N.Cl. The zero-order valence-corrected chi connectivity index (χ0v) is 14.4. The Morgan fingerprint density at radius 3 is 2.73 bits per heavy atom. The number of hydrogen-bond donors (Lipinski definition) is 2. The molecule has 0 spiro atoms. The zero-order valence-electron chi connectivity index (χ0n) is 13.6. The summed E-state index contributed by atoms with van der Waals surface area (Å²) in [6.45, 7) is 5.39. The van der Waals surface area contributed by atoms with Gasteiger partial charge in [-0.15, -0.1) is 12.4 Å². The molecule has 1 amide bonds. The number of benzene rings is 1. The van der Waals surface area contributed by atoms with Crippen molar-refractivity contribution >= 4 is 18.3 Å². The van der Waals surface area contributed by atoms with Gasteiger partial charge in [0, 0.05) is 31.7 Å². The monoisotopic (exact) mass is 330 g/mol. The molecule has 6 heteroatoms. The molecule has 0 aromatic heterocycles. The molecular formula is C16H27ClN2O3. The normalized spacial score (nSPS) is 11.5. The third kappa shape index (κ3) is 8.22. The molecule has 126 valence electrons. The Morgan fingerprint density at radius 2 is 2.09 bits per heavy atom. The summed E-state index contributed by atoms with van der Waals surface area (Å²) in [6, 6.07) is 6.00. The van der Waals surface area contributed by atoms with Gasteiger partial charge in [0.05, 0.1) is 6.61 Å². The zero-order chi connectivity index (χ0) is 15.7. The highest BCUT2D eigenvalue weighted by molar-refractivity contribution is 5.85. The number of hydrogen-bond acceptors (Lipinski definition) is 4. The van der Waals surface area contributed by atoms with Crippen molar-refractivity contribution in [2.24, 2.45) is 5.73 Å². The predicted octanol–water partition coefficient (Wildman–Crippen LogP) is 2.19. The van der Waals surface area contributed by atoms with E-state index >= 15 is 0 Å². The number of nitrogens with one attached hydrogen (secondary N) is 1. The second kappa shape index (κ2) is 11.3. The minimum Gasteiger partial charge on any atom is -0.491 e. The van der Waals surface area contributed by atoms with Crippen molar-refractivity contribution in [2.45, 2.75) is 39.3 Å². The smallest absolute Gasteiger partial charge is 0.220 e. The number of carbonyl (C=O) groups excluding carboxylic acids is 1. The van der Waals surface area contributed by atoms with E-state index in [9.17, 15) is 4.79 Å². The fraction of sp³-hybridized carbons (Fsp3) is 0.562. The first-order chi connectivity index (χ1) is 10.0. The van der Waals surface area contributed by atoms with Crippen LogP contribution < -0.4 is 15.8 Å². The molecule has 0 aliphatic rings. The Hall–Kier alpha value is -1.30. The molecule has 1 rings (SSSR count). The van der Waals surface area contributed by atoms with E-state index < -0.39 is 0 Å². The van der Waals surface area contributed by atoms with E-state index in [0.717, 1.165) is 16.9 Å². The van der Waals surface area contributed by atoms with E-state index in [-0.39, 0.29) is 24.4 Å². The van der Waals surface area contributed by atoms with Crippen LogP contribution in [0, 0.1) is 6.92 Å². The van der Waals surface area contributed by atoms with Gasteiger partial charge in [-0.25, -0.2) is 0 Å². The summed E-state index contributed by atoms with van der Waals surface area (Å²) in [5.74, 6) is 0.801. The molecule has 0 fully saturated rings. The van der Waals surface area contributed by atoms with Gasteiger partial charge < -0.3 is 20.5 Å². The molecule has 22 heavy (non-hydrogen) atoms. The van der Waals surface area contributed by atoms with E-state index in [1.54, 1.807) is 7.11 Å². The van der Waals surface area contributed by atoms with Gasteiger partial charge in [-0.2, -0.15) is 0 Å². The molecule has 0 aliphatic carbocycles. The Bertz CT molecular complexity index is 453. The molecule has 0 radical (unpaired) electrons. The van der Waals surface area contributed by atoms with Gasteiger partial charge in [-0.1, -0.05) is 12.1 Å². The van der Waals surface area contributed by atoms with Crippen LogP contribution in [0.1, 0.15) is 30.9 Å². The summed E-state index contributed by atoms with van der Waals surface area (Å²) in [6.07, 6.45) is 1.14. The van der Waals surface area contributed by atoms with Crippen LogP contribution >= 0.6 is 12.4 Å². The van der Waals surface area contributed by atoms with Gasteiger partial charge in [0.2, 0.25) is 5.91 Å². The second-order valence-electron chi connectivity index (χ2n) is 5.25. The lowest BCUT2D eigenvalue weighted by molar-refractivity contribution is -0.121. The number of methoxy groups -OCH3 is 1. The van der Waals surface area contributed by atoms with Gasteiger partial charge in [0.1, 0.15) is 12.4 Å². The Kier molecular flexibility index (Phi) is 10.6. The minimum atomic E-state index is 0. The summed E-state index contributed by atoms with van der Waals surface area (Å²) in [5, 5.41) is 2.90. The Balaban J connectivity index is 0.00000441. The second-order valence-corrected chi connectivity index (χ2v) is 5.25. The molecule has 0 heterocycles. The first kappa shape index (κ1) is 20.7. The maximum atomic E-state index is 11.7. The van der Waals surface area contributed by atoms with Gasteiger partial charge in [-0.3, -0.25) is 4.79 Å². The third-order valence-electron chi connectivity index (χ3n) is 3.07. The molecule has 1 aromatic carbocycles. The van der Waals surface area contributed by atoms with Crippen LogP contribution in [-0.4, -0.2) is 32.3 Å². The first-order valence-electron chi connectivity index (χ1n) is 7.26. The molecule has 0 aliphatic heterocycles. The van der Waals surface area contributed by atoms with Crippen molar-refractivity contribution in [1.29, 1.82) is 0 Å². The molecule has 1 unspecified atom stereocenters. The van der Waals surface area contributed by atoms with Crippen LogP contribution in [0.3, 0.4) is 0 Å². The van der Waals surface area contributed by atoms with Crippen molar-refractivity contribution in [3.05, 3.63) is 29.3 Å². The van der Waals surface area contributed by atoms with Crippen LogP contribution in [0.15, 0.2) is 18.2 Å². The van der Waals surface area contributed by atoms with Crippen LogP contribution in [0.2, 0.25) is 0 Å². The average molecular weight is 331 g/mol. The molecule has 0 bridgehead atoms. The van der Waals surface area contributed by atoms with Crippen molar-refractivity contribution in [1.82, 2.24) is 5.32 Å². The molecule has 1 aromatic rings. The highest BCUT2D eigenvalue weighted by Gasteiger charge is 2.07. The average Bonchev–Trinajstić information content (AvgIpc) is 2.44. The number of halogens is 1. The maximum absolute atomic E-state index is 11.7. The van der Waals surface area contributed by atoms with Crippen molar-refractivity contribution < 1.29 is 14.3 Å². The number of amides is 1. The van der Waals surface area contributed by atoms with E-state index in [2.05, 4.69) is 5.32 Å². The van der Waals surface area contributed by atoms with Gasteiger partial charge in [0.15, 0.2) is 0 Å². The number of carbonyl (C=O) groups is 1. The van der Waals surface area contributed by atoms with Gasteiger partial charge >= 0.3 is 0 Å². The summed E-state index contributed by atoms with van der Waals surface area (Å²) < 4.78 is 10.7. The standard InChI is InChI=1S/C16H26N2O3.ClH/c1-12-4-6-14(15(10-12)21-9-8-20-3)11-18-16(19)7-5-13(2)17;/h4,6,10,13H,5,7-9,11,17H2,1-3H3,(H,18,19);1H. The number of aryl methyl sites for hydroxylation is 1. The quantitative estimate of drug-likeness (QED) is 0.681. The lowest BCUT2D eigenvalue weighted by Crippen LogP contribution is -2.25. The fourth-order valence-electron chi connectivity index (χ4n) is 1.82. The van der Waals surface area contributed by atoms with Crippen molar-refractivity contribution in [3.63, 3.8) is 0 Å².